The van der Waals surface area contributed by atoms with E-state index in [4.69, 9.17) is 11.6 Å². The zero-order valence-electron chi connectivity index (χ0n) is 12.9. The quantitative estimate of drug-likeness (QED) is 0.643. The predicted molar refractivity (Wildman–Crippen MR) is 88.8 cm³/mol. The Morgan fingerprint density at radius 2 is 1.92 bits per heavy atom. The second kappa shape index (κ2) is 6.28. The number of para-hydroxylation sites is 1. The SMILES string of the molecule is O=C1CC(NC(=O)C2(C(=O)O)CC=CC2)CN1c1ccccc1Cl. The van der Waals surface area contributed by atoms with Crippen LogP contribution < -0.4 is 10.2 Å². The minimum Gasteiger partial charge on any atom is -0.480 e. The molecule has 1 aliphatic heterocycles. The van der Waals surface area contributed by atoms with Crippen LogP contribution in [0.1, 0.15) is 19.3 Å². The summed E-state index contributed by atoms with van der Waals surface area (Å²) >= 11 is 6.12. The molecule has 0 radical (unpaired) electrons. The summed E-state index contributed by atoms with van der Waals surface area (Å²) in [7, 11) is 0. The normalized spacial score (nSPS) is 22.0. The number of rotatable bonds is 4. The van der Waals surface area contributed by atoms with Crippen molar-refractivity contribution in [1.29, 1.82) is 0 Å². The van der Waals surface area contributed by atoms with Crippen molar-refractivity contribution in [3.05, 3.63) is 41.4 Å². The van der Waals surface area contributed by atoms with Crippen molar-refractivity contribution in [3.63, 3.8) is 0 Å². The van der Waals surface area contributed by atoms with Gasteiger partial charge in [0.25, 0.3) is 0 Å². The molecule has 1 unspecified atom stereocenters. The summed E-state index contributed by atoms with van der Waals surface area (Å²) in [6.45, 7) is 0.275. The van der Waals surface area contributed by atoms with Crippen LogP contribution in [0.5, 0.6) is 0 Å². The summed E-state index contributed by atoms with van der Waals surface area (Å²) in [5.41, 5.74) is -0.864. The van der Waals surface area contributed by atoms with Crippen LogP contribution in [0.4, 0.5) is 5.69 Å². The predicted octanol–water partition coefficient (Wildman–Crippen LogP) is 1.98. The van der Waals surface area contributed by atoms with E-state index in [2.05, 4.69) is 5.32 Å². The largest absolute Gasteiger partial charge is 0.480 e. The van der Waals surface area contributed by atoms with Crippen molar-refractivity contribution >= 4 is 35.1 Å². The van der Waals surface area contributed by atoms with Crippen molar-refractivity contribution < 1.29 is 19.5 Å². The maximum absolute atomic E-state index is 12.5. The first-order valence-electron chi connectivity index (χ1n) is 7.68. The number of allylic oxidation sites excluding steroid dienone is 2. The van der Waals surface area contributed by atoms with E-state index in [9.17, 15) is 19.5 Å². The highest BCUT2D eigenvalue weighted by Gasteiger charge is 2.47. The van der Waals surface area contributed by atoms with E-state index in [1.54, 1.807) is 36.4 Å². The van der Waals surface area contributed by atoms with E-state index < -0.39 is 23.3 Å². The molecule has 1 aromatic carbocycles. The van der Waals surface area contributed by atoms with Gasteiger partial charge in [0.2, 0.25) is 11.8 Å². The van der Waals surface area contributed by atoms with Crippen LogP contribution in [0.3, 0.4) is 0 Å². The highest BCUT2D eigenvalue weighted by Crippen LogP contribution is 2.35. The van der Waals surface area contributed by atoms with Crippen LogP contribution in [0.15, 0.2) is 36.4 Å². The number of carbonyl (C=O) groups excluding carboxylic acids is 2. The average molecular weight is 349 g/mol. The Morgan fingerprint density at radius 3 is 2.54 bits per heavy atom. The van der Waals surface area contributed by atoms with Crippen LogP contribution in [0.2, 0.25) is 5.02 Å². The molecule has 1 aromatic rings. The molecule has 7 heteroatoms. The Morgan fingerprint density at radius 1 is 1.25 bits per heavy atom. The molecule has 2 amide bonds. The van der Waals surface area contributed by atoms with Crippen LogP contribution in [0, 0.1) is 5.41 Å². The van der Waals surface area contributed by atoms with Gasteiger partial charge in [-0.1, -0.05) is 35.9 Å². The lowest BCUT2D eigenvalue weighted by molar-refractivity contribution is -0.155. The summed E-state index contributed by atoms with van der Waals surface area (Å²) in [5, 5.41) is 12.6. The number of hydrogen-bond donors (Lipinski definition) is 2. The van der Waals surface area contributed by atoms with Crippen molar-refractivity contribution in [2.75, 3.05) is 11.4 Å². The van der Waals surface area contributed by atoms with Gasteiger partial charge in [0.1, 0.15) is 0 Å². The van der Waals surface area contributed by atoms with Crippen LogP contribution in [0.25, 0.3) is 0 Å². The molecule has 1 heterocycles. The summed E-state index contributed by atoms with van der Waals surface area (Å²) in [5.74, 6) is -1.83. The first-order chi connectivity index (χ1) is 11.4. The van der Waals surface area contributed by atoms with Gasteiger partial charge in [-0.3, -0.25) is 14.4 Å². The van der Waals surface area contributed by atoms with Crippen LogP contribution >= 0.6 is 11.6 Å². The van der Waals surface area contributed by atoms with E-state index in [1.165, 1.54) is 4.90 Å². The van der Waals surface area contributed by atoms with Gasteiger partial charge in [-0.2, -0.15) is 0 Å². The number of benzene rings is 1. The number of carboxylic acid groups (broad SMARTS) is 1. The van der Waals surface area contributed by atoms with E-state index in [-0.39, 0.29) is 31.7 Å². The van der Waals surface area contributed by atoms with E-state index in [0.717, 1.165) is 0 Å². The fraction of sp³-hybridized carbons (Fsp3) is 0.353. The highest BCUT2D eigenvalue weighted by atomic mass is 35.5. The standard InChI is InChI=1S/C17H17ClN2O4/c18-12-5-1-2-6-13(12)20-10-11(9-14(20)21)19-15(22)17(16(23)24)7-3-4-8-17/h1-6,11H,7-10H2,(H,19,22)(H,23,24). The van der Waals surface area contributed by atoms with Crippen LogP contribution in [-0.2, 0) is 14.4 Å². The zero-order valence-corrected chi connectivity index (χ0v) is 13.6. The fourth-order valence-electron chi connectivity index (χ4n) is 3.14. The van der Waals surface area contributed by atoms with Gasteiger partial charge in [-0.05, 0) is 25.0 Å². The van der Waals surface area contributed by atoms with Gasteiger partial charge in [-0.15, -0.1) is 0 Å². The Hall–Kier alpha value is -2.34. The van der Waals surface area contributed by atoms with Gasteiger partial charge in [0.05, 0.1) is 16.8 Å². The third kappa shape index (κ3) is 2.78. The van der Waals surface area contributed by atoms with Crippen molar-refractivity contribution in [3.8, 4) is 0 Å². The molecule has 126 valence electrons. The van der Waals surface area contributed by atoms with E-state index in [0.29, 0.717) is 10.7 Å². The van der Waals surface area contributed by atoms with Crippen molar-refractivity contribution in [2.24, 2.45) is 5.41 Å². The number of halogens is 1. The zero-order chi connectivity index (χ0) is 17.3. The minimum absolute atomic E-state index is 0.125. The molecule has 2 N–H and O–H groups in total. The van der Waals surface area contributed by atoms with E-state index >= 15 is 0 Å². The molecule has 3 rings (SSSR count). The lowest BCUT2D eigenvalue weighted by Crippen LogP contribution is -2.49. The van der Waals surface area contributed by atoms with Gasteiger partial charge in [0, 0.05) is 13.0 Å². The van der Waals surface area contributed by atoms with Gasteiger partial charge in [0.15, 0.2) is 5.41 Å². The molecule has 1 aliphatic carbocycles. The lowest BCUT2D eigenvalue weighted by atomic mass is 9.84. The highest BCUT2D eigenvalue weighted by molar-refractivity contribution is 6.33. The third-order valence-electron chi connectivity index (χ3n) is 4.55. The molecule has 1 atom stereocenters. The number of carbonyl (C=O) groups is 3. The number of carboxylic acids is 1. The first-order valence-corrected chi connectivity index (χ1v) is 8.06. The second-order valence-electron chi connectivity index (χ2n) is 6.10. The molecule has 0 spiro atoms. The molecule has 2 aliphatic rings. The molecule has 0 saturated carbocycles. The smallest absolute Gasteiger partial charge is 0.319 e. The molecule has 1 fully saturated rings. The Balaban J connectivity index is 1.72. The molecule has 0 bridgehead atoms. The number of hydrogen-bond acceptors (Lipinski definition) is 3. The van der Waals surface area contributed by atoms with E-state index in [1.807, 2.05) is 0 Å². The third-order valence-corrected chi connectivity index (χ3v) is 4.87. The molecular formula is C17H17ClN2O4. The monoisotopic (exact) mass is 348 g/mol. The van der Waals surface area contributed by atoms with Gasteiger partial charge >= 0.3 is 5.97 Å². The average Bonchev–Trinajstić information content (AvgIpc) is 3.16. The molecule has 6 nitrogen and oxygen atoms in total. The second-order valence-corrected chi connectivity index (χ2v) is 6.50. The summed E-state index contributed by atoms with van der Waals surface area (Å²) in [6.07, 6.45) is 3.86. The number of anilines is 1. The minimum atomic E-state index is -1.46. The fourth-order valence-corrected chi connectivity index (χ4v) is 3.38. The maximum Gasteiger partial charge on any atom is 0.319 e. The number of amides is 2. The number of nitrogens with one attached hydrogen (secondary N) is 1. The summed E-state index contributed by atoms with van der Waals surface area (Å²) in [4.78, 5) is 37.8. The maximum atomic E-state index is 12.5. The van der Waals surface area contributed by atoms with Crippen molar-refractivity contribution in [1.82, 2.24) is 5.32 Å². The molecule has 0 aromatic heterocycles. The molecular weight excluding hydrogens is 332 g/mol. The van der Waals surface area contributed by atoms with Crippen molar-refractivity contribution in [2.45, 2.75) is 25.3 Å². The molecule has 24 heavy (non-hydrogen) atoms. The summed E-state index contributed by atoms with van der Waals surface area (Å²) < 4.78 is 0. The molecule has 1 saturated heterocycles. The number of nitrogens with zero attached hydrogens (tertiary/aromatic N) is 1. The Labute approximate surface area is 144 Å². The topological polar surface area (TPSA) is 86.7 Å². The summed E-state index contributed by atoms with van der Waals surface area (Å²) in [6, 6.07) is 6.56. The first kappa shape index (κ1) is 16.5. The Bertz CT molecular complexity index is 723. The lowest BCUT2D eigenvalue weighted by Gasteiger charge is -2.25. The van der Waals surface area contributed by atoms with Gasteiger partial charge < -0.3 is 15.3 Å². The number of aliphatic carboxylic acids is 1. The van der Waals surface area contributed by atoms with Crippen LogP contribution in [-0.4, -0.2) is 35.5 Å². The Kier molecular flexibility index (Phi) is 4.32. The van der Waals surface area contributed by atoms with Gasteiger partial charge in [-0.25, -0.2) is 0 Å².